The van der Waals surface area contributed by atoms with Crippen molar-refractivity contribution in [3.05, 3.63) is 35.4 Å². The van der Waals surface area contributed by atoms with Crippen LogP contribution in [0.1, 0.15) is 76.2 Å². The lowest BCUT2D eigenvalue weighted by atomic mass is 9.84. The van der Waals surface area contributed by atoms with Gasteiger partial charge in [0.25, 0.3) is 0 Å². The lowest BCUT2D eigenvalue weighted by Crippen LogP contribution is -2.49. The lowest BCUT2D eigenvalue weighted by molar-refractivity contribution is 0.00254. The van der Waals surface area contributed by atoms with Crippen molar-refractivity contribution in [1.82, 2.24) is 4.90 Å². The maximum atomic E-state index is 13.0. The number of rotatable bonds is 4. The van der Waals surface area contributed by atoms with E-state index in [0.717, 1.165) is 37.7 Å². The van der Waals surface area contributed by atoms with Crippen molar-refractivity contribution in [1.29, 1.82) is 0 Å². The van der Waals surface area contributed by atoms with E-state index in [0.29, 0.717) is 5.92 Å². The van der Waals surface area contributed by atoms with Crippen LogP contribution in [0.5, 0.6) is 0 Å². The molecule has 2 fully saturated rings. The normalized spacial score (nSPS) is 25.0. The van der Waals surface area contributed by atoms with Crippen molar-refractivity contribution < 1.29 is 14.3 Å². The molecule has 0 saturated carbocycles. The van der Waals surface area contributed by atoms with Gasteiger partial charge < -0.3 is 9.64 Å². The zero-order valence-corrected chi connectivity index (χ0v) is 17.3. The third kappa shape index (κ3) is 4.72. The number of piperidine rings is 1. The summed E-state index contributed by atoms with van der Waals surface area (Å²) in [5, 5.41) is 0. The van der Waals surface area contributed by atoms with E-state index >= 15 is 0 Å². The Bertz CT molecular complexity index is 673. The number of benzene rings is 1. The summed E-state index contributed by atoms with van der Waals surface area (Å²) in [7, 11) is 0. The van der Waals surface area contributed by atoms with Gasteiger partial charge in [0, 0.05) is 23.6 Å². The number of carbonyl (C=O) groups is 2. The van der Waals surface area contributed by atoms with Crippen LogP contribution in [0.15, 0.2) is 24.3 Å². The molecule has 2 aliphatic rings. The van der Waals surface area contributed by atoms with Gasteiger partial charge in [-0.05, 0) is 64.4 Å². The summed E-state index contributed by atoms with van der Waals surface area (Å²) in [6, 6.07) is 8.38. The van der Waals surface area contributed by atoms with E-state index in [1.54, 1.807) is 0 Å². The molecule has 2 aliphatic heterocycles. The van der Waals surface area contributed by atoms with Crippen LogP contribution in [0.25, 0.3) is 0 Å². The molecule has 2 unspecified atom stereocenters. The van der Waals surface area contributed by atoms with Crippen LogP contribution in [0.3, 0.4) is 0 Å². The number of nitrogens with zero attached hydrogens (tertiary/aromatic N) is 1. The van der Waals surface area contributed by atoms with E-state index in [9.17, 15) is 9.59 Å². The lowest BCUT2D eigenvalue weighted by Gasteiger charge is -2.39. The zero-order valence-electron chi connectivity index (χ0n) is 17.3. The quantitative estimate of drug-likeness (QED) is 0.680. The fraction of sp³-hybridized carbons (Fsp3) is 0.652. The van der Waals surface area contributed by atoms with Crippen LogP contribution in [-0.2, 0) is 11.2 Å². The van der Waals surface area contributed by atoms with Crippen molar-refractivity contribution >= 4 is 11.9 Å². The van der Waals surface area contributed by atoms with Crippen molar-refractivity contribution in [2.45, 2.75) is 84.4 Å². The minimum atomic E-state index is -0.485. The second-order valence-electron chi connectivity index (χ2n) is 9.60. The van der Waals surface area contributed by atoms with Gasteiger partial charge in [-0.3, -0.25) is 4.79 Å². The van der Waals surface area contributed by atoms with Gasteiger partial charge in [0.05, 0.1) is 0 Å². The Kier molecular flexibility index (Phi) is 5.64. The Hall–Kier alpha value is -1.84. The van der Waals surface area contributed by atoms with Gasteiger partial charge in [-0.1, -0.05) is 38.1 Å². The predicted molar refractivity (Wildman–Crippen MR) is 107 cm³/mol. The average Bonchev–Trinajstić information content (AvgIpc) is 2.83. The summed E-state index contributed by atoms with van der Waals surface area (Å²) >= 11 is 0. The molecule has 1 aromatic rings. The summed E-state index contributed by atoms with van der Waals surface area (Å²) in [6.07, 6.45) is 4.26. The molecule has 1 amide bonds. The molecule has 1 aromatic carbocycles. The second-order valence-corrected chi connectivity index (χ2v) is 9.60. The molecule has 0 N–H and O–H groups in total. The first-order valence-corrected chi connectivity index (χ1v) is 10.3. The Balaban J connectivity index is 1.65. The molecule has 27 heavy (non-hydrogen) atoms. The number of carbonyl (C=O) groups excluding carboxylic acids is 2. The molecule has 0 aliphatic carbocycles. The van der Waals surface area contributed by atoms with Gasteiger partial charge in [0.2, 0.25) is 0 Å². The SMILES string of the molecule is CC(C)Cc1ccc(C(=O)C2CC3CCC(C2)N3C(=O)OC(C)(C)C)cc1. The largest absolute Gasteiger partial charge is 0.444 e. The average molecular weight is 372 g/mol. The fourth-order valence-electron chi connectivity index (χ4n) is 4.52. The Morgan fingerprint density at radius 1 is 1.07 bits per heavy atom. The molecule has 4 heteroatoms. The monoisotopic (exact) mass is 371 g/mol. The van der Waals surface area contributed by atoms with Crippen molar-refractivity contribution in [2.75, 3.05) is 0 Å². The summed E-state index contributed by atoms with van der Waals surface area (Å²) in [4.78, 5) is 27.5. The third-order valence-electron chi connectivity index (χ3n) is 5.59. The minimum absolute atomic E-state index is 0.0112. The third-order valence-corrected chi connectivity index (χ3v) is 5.59. The minimum Gasteiger partial charge on any atom is -0.444 e. The van der Waals surface area contributed by atoms with Gasteiger partial charge in [0.1, 0.15) is 5.60 Å². The topological polar surface area (TPSA) is 46.6 Å². The van der Waals surface area contributed by atoms with Gasteiger partial charge in [-0.15, -0.1) is 0 Å². The summed E-state index contributed by atoms with van der Waals surface area (Å²) < 4.78 is 5.59. The molecule has 2 atom stereocenters. The van der Waals surface area contributed by atoms with Crippen LogP contribution in [0, 0.1) is 11.8 Å². The van der Waals surface area contributed by atoms with Crippen LogP contribution < -0.4 is 0 Å². The summed E-state index contributed by atoms with van der Waals surface area (Å²) in [6.45, 7) is 10.1. The maximum absolute atomic E-state index is 13.0. The van der Waals surface area contributed by atoms with E-state index < -0.39 is 5.60 Å². The standard InChI is InChI=1S/C23H33NO3/c1-15(2)12-16-6-8-17(9-7-16)21(25)18-13-19-10-11-20(14-18)24(19)22(26)27-23(3,4)5/h6-9,15,18-20H,10-14H2,1-5H3. The Morgan fingerprint density at radius 2 is 1.63 bits per heavy atom. The Morgan fingerprint density at radius 3 is 2.11 bits per heavy atom. The Labute approximate surface area is 163 Å². The number of hydrogen-bond donors (Lipinski definition) is 0. The number of hydrogen-bond acceptors (Lipinski definition) is 3. The molecule has 2 saturated heterocycles. The summed E-state index contributed by atoms with van der Waals surface area (Å²) in [5.41, 5.74) is 1.60. The van der Waals surface area contributed by atoms with Gasteiger partial charge in [-0.2, -0.15) is 0 Å². The molecule has 2 bridgehead atoms. The van der Waals surface area contributed by atoms with Crippen LogP contribution in [0.2, 0.25) is 0 Å². The van der Waals surface area contributed by atoms with Gasteiger partial charge in [0.15, 0.2) is 5.78 Å². The van der Waals surface area contributed by atoms with E-state index in [-0.39, 0.29) is 29.9 Å². The highest BCUT2D eigenvalue weighted by Crippen LogP contribution is 2.40. The van der Waals surface area contributed by atoms with Crippen LogP contribution >= 0.6 is 0 Å². The molecule has 0 radical (unpaired) electrons. The number of fused-ring (bicyclic) bond motifs is 2. The number of ketones is 1. The predicted octanol–water partition coefficient (Wildman–Crippen LogP) is 5.25. The number of ether oxygens (including phenoxy) is 1. The van der Waals surface area contributed by atoms with Crippen molar-refractivity contribution in [2.24, 2.45) is 11.8 Å². The highest BCUT2D eigenvalue weighted by molar-refractivity contribution is 5.98. The zero-order chi connectivity index (χ0) is 19.8. The molecule has 0 spiro atoms. The fourth-order valence-corrected chi connectivity index (χ4v) is 4.52. The maximum Gasteiger partial charge on any atom is 0.410 e. The van der Waals surface area contributed by atoms with Crippen LogP contribution in [-0.4, -0.2) is 34.5 Å². The molecule has 0 aromatic heterocycles. The first-order chi connectivity index (χ1) is 12.6. The van der Waals surface area contributed by atoms with E-state index in [1.165, 1.54) is 5.56 Å². The van der Waals surface area contributed by atoms with Crippen molar-refractivity contribution in [3.63, 3.8) is 0 Å². The number of amides is 1. The smallest absolute Gasteiger partial charge is 0.410 e. The molecule has 148 valence electrons. The molecule has 2 heterocycles. The molecular weight excluding hydrogens is 338 g/mol. The number of Topliss-reactive ketones (excluding diaryl/α,β-unsaturated/α-hetero) is 1. The van der Waals surface area contributed by atoms with Crippen molar-refractivity contribution in [3.8, 4) is 0 Å². The molecule has 4 nitrogen and oxygen atoms in total. The second kappa shape index (κ2) is 7.65. The highest BCUT2D eigenvalue weighted by atomic mass is 16.6. The summed E-state index contributed by atoms with van der Waals surface area (Å²) in [5.74, 6) is 0.850. The van der Waals surface area contributed by atoms with E-state index in [4.69, 9.17) is 4.74 Å². The highest BCUT2D eigenvalue weighted by Gasteiger charge is 2.46. The van der Waals surface area contributed by atoms with Gasteiger partial charge in [-0.25, -0.2) is 4.79 Å². The molecule has 3 rings (SSSR count). The van der Waals surface area contributed by atoms with E-state index in [1.807, 2.05) is 37.8 Å². The first kappa shape index (κ1) is 19.9. The first-order valence-electron chi connectivity index (χ1n) is 10.3. The van der Waals surface area contributed by atoms with E-state index in [2.05, 4.69) is 26.0 Å². The van der Waals surface area contributed by atoms with Gasteiger partial charge >= 0.3 is 6.09 Å². The molecular formula is C23H33NO3. The van der Waals surface area contributed by atoms with Crippen LogP contribution in [0.4, 0.5) is 4.79 Å².